The minimum Gasteiger partial charge on any atom is -0.390 e. The third-order valence-electron chi connectivity index (χ3n) is 1.99. The summed E-state index contributed by atoms with van der Waals surface area (Å²) in [6.45, 7) is 3.43. The van der Waals surface area contributed by atoms with Crippen LogP contribution in [0.1, 0.15) is 13.8 Å². The van der Waals surface area contributed by atoms with Crippen LogP contribution in [0.15, 0.2) is 6.33 Å². The van der Waals surface area contributed by atoms with Crippen molar-refractivity contribution in [3.8, 4) is 0 Å². The average molecular weight is 228 g/mol. The molecule has 0 aliphatic heterocycles. The summed E-state index contributed by atoms with van der Waals surface area (Å²) in [5.74, 6) is 4.13. The first-order valence-electron chi connectivity index (χ1n) is 4.41. The molecule has 0 bridgehead atoms. The van der Waals surface area contributed by atoms with Gasteiger partial charge in [0.25, 0.3) is 0 Å². The molecule has 0 saturated carbocycles. The van der Waals surface area contributed by atoms with E-state index in [1.54, 1.807) is 13.8 Å². The van der Waals surface area contributed by atoms with Crippen LogP contribution in [0.3, 0.4) is 0 Å². The number of nitrogens with zero attached hydrogens (tertiary/aromatic N) is 4. The van der Waals surface area contributed by atoms with Gasteiger partial charge in [-0.05, 0) is 18.8 Å². The first-order chi connectivity index (χ1) is 7.36. The highest BCUT2D eigenvalue weighted by atomic mass is 16.6. The molecule has 0 aromatic carbocycles. The number of nitrogens with two attached hydrogens (primary N) is 1. The van der Waals surface area contributed by atoms with Crippen LogP contribution in [-0.2, 0) is 11.3 Å². The normalized spacial score (nSPS) is 11.2. The molecule has 16 heavy (non-hydrogen) atoms. The molecule has 1 amide bonds. The van der Waals surface area contributed by atoms with Gasteiger partial charge < -0.3 is 10.1 Å². The van der Waals surface area contributed by atoms with Crippen molar-refractivity contribution in [3.05, 3.63) is 16.4 Å². The highest BCUT2D eigenvalue weighted by Gasteiger charge is 2.29. The Hall–Kier alpha value is -2.03. The second-order valence-corrected chi connectivity index (χ2v) is 3.86. The molecule has 0 saturated heterocycles. The molecule has 9 nitrogen and oxygen atoms in total. The Labute approximate surface area is 90.8 Å². The Kier molecular flexibility index (Phi) is 3.18. The predicted octanol–water partition coefficient (Wildman–Crippen LogP) is -0.798. The highest BCUT2D eigenvalue weighted by molar-refractivity contribution is 5.81. The number of hydrogen-bond acceptors (Lipinski definition) is 6. The fourth-order valence-electron chi connectivity index (χ4n) is 1.12. The average Bonchev–Trinajstić information content (AvgIpc) is 2.64. The molecular formula is C7H12N6O3. The topological polar surface area (TPSA) is 129 Å². The number of aromatic nitrogens is 3. The van der Waals surface area contributed by atoms with Crippen LogP contribution in [0, 0.1) is 15.5 Å². The van der Waals surface area contributed by atoms with E-state index in [2.05, 4.69) is 10.1 Å². The summed E-state index contributed by atoms with van der Waals surface area (Å²) in [4.78, 5) is 24.5. The van der Waals surface area contributed by atoms with E-state index in [-0.39, 0.29) is 12.5 Å². The van der Waals surface area contributed by atoms with Crippen molar-refractivity contribution in [2.45, 2.75) is 20.4 Å². The van der Waals surface area contributed by atoms with E-state index >= 15 is 0 Å². The van der Waals surface area contributed by atoms with Crippen LogP contribution in [0.2, 0.25) is 0 Å². The summed E-state index contributed by atoms with van der Waals surface area (Å²) >= 11 is 0. The fraction of sp³-hybridized carbons (Fsp3) is 0.571. The fourth-order valence-corrected chi connectivity index (χ4v) is 1.12. The van der Waals surface area contributed by atoms with Gasteiger partial charge in [-0.25, -0.2) is 5.84 Å². The van der Waals surface area contributed by atoms with Gasteiger partial charge in [-0.3, -0.25) is 10.2 Å². The Morgan fingerprint density at radius 2 is 2.38 bits per heavy atom. The molecule has 9 heteroatoms. The monoisotopic (exact) mass is 228 g/mol. The molecule has 88 valence electrons. The first-order valence-corrected chi connectivity index (χ1v) is 4.41. The number of carbonyl (C=O) groups is 1. The Morgan fingerprint density at radius 1 is 1.75 bits per heavy atom. The van der Waals surface area contributed by atoms with Gasteiger partial charge in [-0.2, -0.15) is 4.68 Å². The SMILES string of the molecule is CC(C)(Cn1cnc([N+](=O)[O-])n1)C(=O)NN. The lowest BCUT2D eigenvalue weighted by atomic mass is 9.93. The number of nitro groups is 1. The molecule has 1 heterocycles. The summed E-state index contributed by atoms with van der Waals surface area (Å²) in [5.41, 5.74) is 1.20. The molecule has 0 spiro atoms. The number of rotatable bonds is 4. The smallest absolute Gasteiger partial charge is 0.390 e. The second kappa shape index (κ2) is 4.23. The van der Waals surface area contributed by atoms with E-state index in [1.165, 1.54) is 11.0 Å². The maximum atomic E-state index is 11.3. The molecule has 3 N–H and O–H groups in total. The van der Waals surface area contributed by atoms with Crippen LogP contribution in [0.5, 0.6) is 0 Å². The Morgan fingerprint density at radius 3 is 2.81 bits per heavy atom. The molecule has 0 aliphatic rings. The van der Waals surface area contributed by atoms with E-state index in [1.807, 2.05) is 5.43 Å². The van der Waals surface area contributed by atoms with Crippen LogP contribution in [0.4, 0.5) is 5.95 Å². The largest absolute Gasteiger partial charge is 0.490 e. The zero-order chi connectivity index (χ0) is 12.3. The van der Waals surface area contributed by atoms with E-state index in [0.29, 0.717) is 0 Å². The van der Waals surface area contributed by atoms with E-state index in [9.17, 15) is 14.9 Å². The van der Waals surface area contributed by atoms with Gasteiger partial charge in [0, 0.05) is 5.10 Å². The van der Waals surface area contributed by atoms with Crippen LogP contribution < -0.4 is 11.3 Å². The lowest BCUT2D eigenvalue weighted by molar-refractivity contribution is -0.394. The number of amides is 1. The van der Waals surface area contributed by atoms with Crippen molar-refractivity contribution in [1.82, 2.24) is 20.2 Å². The minimum atomic E-state index is -0.823. The minimum absolute atomic E-state index is 0.150. The van der Waals surface area contributed by atoms with Gasteiger partial charge in [0.15, 0.2) is 0 Å². The molecular weight excluding hydrogens is 216 g/mol. The van der Waals surface area contributed by atoms with Gasteiger partial charge in [0.2, 0.25) is 12.2 Å². The lowest BCUT2D eigenvalue weighted by Crippen LogP contribution is -2.43. The number of nitrogens with one attached hydrogen (secondary N) is 1. The lowest BCUT2D eigenvalue weighted by Gasteiger charge is -2.20. The third-order valence-corrected chi connectivity index (χ3v) is 1.99. The summed E-state index contributed by atoms with van der Waals surface area (Å²) in [6, 6.07) is 0. The molecule has 0 fully saturated rings. The third kappa shape index (κ3) is 2.51. The maximum absolute atomic E-state index is 11.3. The van der Waals surface area contributed by atoms with Gasteiger partial charge in [-0.15, -0.1) is 0 Å². The summed E-state index contributed by atoms with van der Waals surface area (Å²) < 4.78 is 1.23. The van der Waals surface area contributed by atoms with Crippen molar-refractivity contribution >= 4 is 11.9 Å². The molecule has 1 rings (SSSR count). The van der Waals surface area contributed by atoms with Crippen LogP contribution in [0.25, 0.3) is 0 Å². The van der Waals surface area contributed by atoms with Gasteiger partial charge in [0.1, 0.15) is 0 Å². The van der Waals surface area contributed by atoms with Crippen molar-refractivity contribution in [1.29, 1.82) is 0 Å². The number of hydrogen-bond donors (Lipinski definition) is 2. The van der Waals surface area contributed by atoms with Crippen molar-refractivity contribution in [3.63, 3.8) is 0 Å². The molecule has 1 aromatic rings. The molecule has 0 aliphatic carbocycles. The van der Waals surface area contributed by atoms with Gasteiger partial charge >= 0.3 is 5.95 Å². The zero-order valence-corrected chi connectivity index (χ0v) is 8.88. The van der Waals surface area contributed by atoms with Crippen molar-refractivity contribution in [2.75, 3.05) is 0 Å². The van der Waals surface area contributed by atoms with Crippen LogP contribution >= 0.6 is 0 Å². The second-order valence-electron chi connectivity index (χ2n) is 3.86. The molecule has 0 unspecified atom stereocenters. The van der Waals surface area contributed by atoms with Crippen molar-refractivity contribution in [2.24, 2.45) is 11.3 Å². The summed E-state index contributed by atoms with van der Waals surface area (Å²) in [7, 11) is 0. The standard InChI is InChI=1S/C7H12N6O3/c1-7(2,5(14)10-8)3-12-4-9-6(11-12)13(15)16/h4H,3,8H2,1-2H3,(H,10,14). The highest BCUT2D eigenvalue weighted by Crippen LogP contribution is 2.17. The van der Waals surface area contributed by atoms with E-state index in [0.717, 1.165) is 0 Å². The first kappa shape index (κ1) is 12.0. The van der Waals surface area contributed by atoms with E-state index in [4.69, 9.17) is 5.84 Å². The van der Waals surface area contributed by atoms with E-state index < -0.39 is 16.3 Å². The number of hydrazine groups is 1. The Bertz CT molecular complexity index is 412. The van der Waals surface area contributed by atoms with Crippen LogP contribution in [-0.4, -0.2) is 25.6 Å². The predicted molar refractivity (Wildman–Crippen MR) is 52.8 cm³/mol. The molecule has 0 atom stereocenters. The Balaban J connectivity index is 2.80. The quantitative estimate of drug-likeness (QED) is 0.300. The number of carbonyl (C=O) groups excluding carboxylic acids is 1. The zero-order valence-electron chi connectivity index (χ0n) is 8.88. The van der Waals surface area contributed by atoms with Gasteiger partial charge in [-0.1, -0.05) is 4.98 Å². The maximum Gasteiger partial charge on any atom is 0.490 e. The van der Waals surface area contributed by atoms with Gasteiger partial charge in [0.05, 0.1) is 12.0 Å². The van der Waals surface area contributed by atoms with Crippen molar-refractivity contribution < 1.29 is 9.72 Å². The summed E-state index contributed by atoms with van der Waals surface area (Å²) in [6.07, 6.45) is 1.20. The molecule has 0 radical (unpaired) electrons. The molecule has 1 aromatic heterocycles. The summed E-state index contributed by atoms with van der Waals surface area (Å²) in [5, 5.41) is 13.9.